The smallest absolute Gasteiger partial charge is 0.245 e. The number of carbonyl (C=O) groups excluding carboxylic acids is 1. The molecule has 0 aliphatic heterocycles. The number of amides is 1. The van der Waals surface area contributed by atoms with E-state index in [0.717, 1.165) is 13.0 Å². The third-order valence-electron chi connectivity index (χ3n) is 4.56. The summed E-state index contributed by atoms with van der Waals surface area (Å²) >= 11 is 0. The molecule has 0 N–H and O–H groups in total. The molecule has 0 aromatic carbocycles. The predicted octanol–water partition coefficient (Wildman–Crippen LogP) is 6.67. The summed E-state index contributed by atoms with van der Waals surface area (Å²) in [6.07, 6.45) is 24.6. The minimum atomic E-state index is 0.0303. The first kappa shape index (κ1) is 22.9. The van der Waals surface area contributed by atoms with Crippen molar-refractivity contribution in [3.8, 4) is 0 Å². The standard InChI is InChI=1S/C22H41NO/c1-4-6-7-8-9-10-11-12-13-14-15-16-17-18-19-20-21-23(3)22(24)5-2/h5,12-13H,2,4,6-11,14-21H2,1,3H3/b13-12-. The Kier molecular flexibility index (Phi) is 17.5. The summed E-state index contributed by atoms with van der Waals surface area (Å²) in [6, 6.07) is 0. The van der Waals surface area contributed by atoms with Gasteiger partial charge in [-0.3, -0.25) is 4.79 Å². The van der Waals surface area contributed by atoms with Gasteiger partial charge >= 0.3 is 0 Å². The van der Waals surface area contributed by atoms with Crippen LogP contribution in [0.1, 0.15) is 96.8 Å². The summed E-state index contributed by atoms with van der Waals surface area (Å²) in [6.45, 7) is 6.63. The van der Waals surface area contributed by atoms with Crippen LogP contribution < -0.4 is 0 Å². The fraction of sp³-hybridized carbons (Fsp3) is 0.773. The highest BCUT2D eigenvalue weighted by molar-refractivity contribution is 5.86. The van der Waals surface area contributed by atoms with E-state index in [0.29, 0.717) is 0 Å². The van der Waals surface area contributed by atoms with Crippen LogP contribution in [0.2, 0.25) is 0 Å². The summed E-state index contributed by atoms with van der Waals surface area (Å²) in [4.78, 5) is 13.1. The van der Waals surface area contributed by atoms with Gasteiger partial charge in [-0.15, -0.1) is 0 Å². The van der Waals surface area contributed by atoms with Gasteiger partial charge in [-0.1, -0.05) is 83.4 Å². The number of nitrogens with zero attached hydrogens (tertiary/aromatic N) is 1. The second kappa shape index (κ2) is 18.3. The van der Waals surface area contributed by atoms with Gasteiger partial charge in [0.25, 0.3) is 0 Å². The van der Waals surface area contributed by atoms with Gasteiger partial charge in [0, 0.05) is 13.6 Å². The lowest BCUT2D eigenvalue weighted by atomic mass is 10.1. The Morgan fingerprint density at radius 3 is 1.75 bits per heavy atom. The maximum Gasteiger partial charge on any atom is 0.245 e. The lowest BCUT2D eigenvalue weighted by molar-refractivity contribution is -0.124. The van der Waals surface area contributed by atoms with Crippen LogP contribution in [0.4, 0.5) is 0 Å². The topological polar surface area (TPSA) is 20.3 Å². The first-order chi connectivity index (χ1) is 11.7. The number of rotatable bonds is 17. The van der Waals surface area contributed by atoms with E-state index in [4.69, 9.17) is 0 Å². The first-order valence-electron chi connectivity index (χ1n) is 10.2. The molecule has 2 heteroatoms. The van der Waals surface area contributed by atoms with Crippen molar-refractivity contribution in [2.24, 2.45) is 0 Å². The molecule has 0 aliphatic rings. The third kappa shape index (κ3) is 15.8. The molecule has 0 aliphatic carbocycles. The molecule has 2 nitrogen and oxygen atoms in total. The SMILES string of the molecule is C=CC(=O)N(C)CCCCCCCC/C=C\CCCCCCCC. The summed E-state index contributed by atoms with van der Waals surface area (Å²) in [5, 5.41) is 0. The molecule has 0 spiro atoms. The van der Waals surface area contributed by atoms with Crippen molar-refractivity contribution < 1.29 is 4.79 Å². The Morgan fingerprint density at radius 1 is 0.792 bits per heavy atom. The van der Waals surface area contributed by atoms with E-state index in [1.807, 2.05) is 7.05 Å². The van der Waals surface area contributed by atoms with Crippen molar-refractivity contribution in [2.45, 2.75) is 96.8 Å². The molecule has 0 heterocycles. The monoisotopic (exact) mass is 335 g/mol. The Balaban J connectivity index is 3.20. The number of unbranched alkanes of at least 4 members (excludes halogenated alkanes) is 12. The van der Waals surface area contributed by atoms with Gasteiger partial charge in [0.05, 0.1) is 0 Å². The average Bonchev–Trinajstić information content (AvgIpc) is 2.60. The fourth-order valence-corrected chi connectivity index (χ4v) is 2.86. The Bertz CT molecular complexity index is 322. The first-order valence-corrected chi connectivity index (χ1v) is 10.2. The molecule has 0 atom stereocenters. The normalized spacial score (nSPS) is 11.1. The maximum absolute atomic E-state index is 11.3. The zero-order chi connectivity index (χ0) is 17.9. The highest BCUT2D eigenvalue weighted by Gasteiger charge is 2.02. The van der Waals surface area contributed by atoms with E-state index in [1.54, 1.807) is 4.90 Å². The van der Waals surface area contributed by atoms with Crippen LogP contribution >= 0.6 is 0 Å². The van der Waals surface area contributed by atoms with Crippen LogP contribution in [-0.4, -0.2) is 24.4 Å². The van der Waals surface area contributed by atoms with Gasteiger partial charge in [-0.2, -0.15) is 0 Å². The number of allylic oxidation sites excluding steroid dienone is 2. The molecule has 0 rings (SSSR count). The molecule has 0 saturated carbocycles. The molecule has 0 saturated heterocycles. The molecule has 0 unspecified atom stereocenters. The lowest BCUT2D eigenvalue weighted by Gasteiger charge is -2.14. The van der Waals surface area contributed by atoms with Crippen molar-refractivity contribution >= 4 is 5.91 Å². The molecular formula is C22H41NO. The van der Waals surface area contributed by atoms with Gasteiger partial charge < -0.3 is 4.90 Å². The molecule has 140 valence electrons. The zero-order valence-corrected chi connectivity index (χ0v) is 16.4. The minimum absolute atomic E-state index is 0.0303. The zero-order valence-electron chi connectivity index (χ0n) is 16.4. The van der Waals surface area contributed by atoms with Crippen LogP contribution in [0.15, 0.2) is 24.8 Å². The highest BCUT2D eigenvalue weighted by Crippen LogP contribution is 2.10. The van der Waals surface area contributed by atoms with Crippen LogP contribution in [0, 0.1) is 0 Å². The fourth-order valence-electron chi connectivity index (χ4n) is 2.86. The molecule has 1 amide bonds. The summed E-state index contributed by atoms with van der Waals surface area (Å²) in [5.74, 6) is 0.0303. The second-order valence-electron chi connectivity index (χ2n) is 6.90. The van der Waals surface area contributed by atoms with Crippen LogP contribution in [0.5, 0.6) is 0 Å². The maximum atomic E-state index is 11.3. The van der Waals surface area contributed by atoms with E-state index in [2.05, 4.69) is 25.7 Å². The summed E-state index contributed by atoms with van der Waals surface area (Å²) in [5.41, 5.74) is 0. The third-order valence-corrected chi connectivity index (χ3v) is 4.56. The largest absolute Gasteiger partial charge is 0.342 e. The molecule has 0 bridgehead atoms. The van der Waals surface area contributed by atoms with E-state index in [9.17, 15) is 4.79 Å². The summed E-state index contributed by atoms with van der Waals surface area (Å²) in [7, 11) is 1.85. The Morgan fingerprint density at radius 2 is 1.25 bits per heavy atom. The molecule has 0 aromatic rings. The Hall–Kier alpha value is -1.05. The molecular weight excluding hydrogens is 294 g/mol. The minimum Gasteiger partial charge on any atom is -0.342 e. The number of likely N-dealkylation sites (N-methyl/N-ethyl adjacent to an activating group) is 1. The van der Waals surface area contributed by atoms with Gasteiger partial charge in [-0.05, 0) is 38.2 Å². The van der Waals surface area contributed by atoms with Crippen molar-refractivity contribution in [1.82, 2.24) is 4.90 Å². The Labute approximate surface area is 151 Å². The van der Waals surface area contributed by atoms with E-state index in [-0.39, 0.29) is 5.91 Å². The van der Waals surface area contributed by atoms with E-state index < -0.39 is 0 Å². The van der Waals surface area contributed by atoms with Crippen LogP contribution in [0.25, 0.3) is 0 Å². The number of hydrogen-bond acceptors (Lipinski definition) is 1. The lowest BCUT2D eigenvalue weighted by Crippen LogP contribution is -2.25. The van der Waals surface area contributed by atoms with Gasteiger partial charge in [0.2, 0.25) is 5.91 Å². The van der Waals surface area contributed by atoms with Gasteiger partial charge in [0.1, 0.15) is 0 Å². The molecule has 0 radical (unpaired) electrons. The summed E-state index contributed by atoms with van der Waals surface area (Å²) < 4.78 is 0. The number of hydrogen-bond donors (Lipinski definition) is 0. The molecule has 24 heavy (non-hydrogen) atoms. The molecule has 0 fully saturated rings. The van der Waals surface area contributed by atoms with Crippen LogP contribution in [0.3, 0.4) is 0 Å². The average molecular weight is 336 g/mol. The van der Waals surface area contributed by atoms with E-state index >= 15 is 0 Å². The van der Waals surface area contributed by atoms with Crippen molar-refractivity contribution in [3.05, 3.63) is 24.8 Å². The van der Waals surface area contributed by atoms with Crippen molar-refractivity contribution in [1.29, 1.82) is 0 Å². The predicted molar refractivity (Wildman–Crippen MR) is 107 cm³/mol. The number of carbonyl (C=O) groups is 1. The van der Waals surface area contributed by atoms with Crippen LogP contribution in [-0.2, 0) is 4.79 Å². The van der Waals surface area contributed by atoms with E-state index in [1.165, 1.54) is 89.5 Å². The van der Waals surface area contributed by atoms with Crippen molar-refractivity contribution in [3.63, 3.8) is 0 Å². The van der Waals surface area contributed by atoms with Gasteiger partial charge in [-0.25, -0.2) is 0 Å². The van der Waals surface area contributed by atoms with Gasteiger partial charge in [0.15, 0.2) is 0 Å². The molecule has 0 aromatic heterocycles. The second-order valence-corrected chi connectivity index (χ2v) is 6.90. The highest BCUT2D eigenvalue weighted by atomic mass is 16.2. The quantitative estimate of drug-likeness (QED) is 0.165. The van der Waals surface area contributed by atoms with Crippen molar-refractivity contribution in [2.75, 3.05) is 13.6 Å².